The van der Waals surface area contributed by atoms with Gasteiger partial charge in [0.2, 0.25) is 0 Å². The number of rotatable bonds is 3. The van der Waals surface area contributed by atoms with Gasteiger partial charge < -0.3 is 5.32 Å². The molecular weight excluding hydrogens is 275 g/mol. The molecule has 2 heterocycles. The molecule has 1 aliphatic heterocycles. The normalized spacial score (nSPS) is 18.0. The molecular formula is C12H22Cl2N2S. The molecule has 100 valence electrons. The number of thiophene rings is 1. The molecule has 0 amide bonds. The van der Waals surface area contributed by atoms with Crippen LogP contribution in [0.5, 0.6) is 0 Å². The van der Waals surface area contributed by atoms with Gasteiger partial charge in [0.15, 0.2) is 0 Å². The Morgan fingerprint density at radius 3 is 2.47 bits per heavy atom. The lowest BCUT2D eigenvalue weighted by Crippen LogP contribution is -2.44. The molecule has 1 aromatic rings. The Bertz CT molecular complexity index is 311. The number of nitrogens with zero attached hydrogens (tertiary/aromatic N) is 1. The molecule has 1 saturated heterocycles. The zero-order chi connectivity index (χ0) is 10.7. The molecule has 0 aliphatic carbocycles. The largest absolute Gasteiger partial charge is 0.314 e. The maximum absolute atomic E-state index is 3.40. The molecule has 0 radical (unpaired) electrons. The summed E-state index contributed by atoms with van der Waals surface area (Å²) < 4.78 is 0. The van der Waals surface area contributed by atoms with Gasteiger partial charge in [0.25, 0.3) is 0 Å². The maximum Gasteiger partial charge on any atom is 0.0414 e. The number of piperazine rings is 1. The molecule has 1 aromatic heterocycles. The van der Waals surface area contributed by atoms with Gasteiger partial charge in [-0.15, -0.1) is 36.2 Å². The lowest BCUT2D eigenvalue weighted by Gasteiger charge is -2.32. The summed E-state index contributed by atoms with van der Waals surface area (Å²) in [5.74, 6) is 0. The first-order valence-corrected chi connectivity index (χ1v) is 6.66. The van der Waals surface area contributed by atoms with Gasteiger partial charge in [-0.2, -0.15) is 0 Å². The van der Waals surface area contributed by atoms with Crippen molar-refractivity contribution in [1.82, 2.24) is 10.2 Å². The molecule has 5 heteroatoms. The number of halogens is 2. The van der Waals surface area contributed by atoms with E-state index in [-0.39, 0.29) is 24.8 Å². The fourth-order valence-electron chi connectivity index (χ4n) is 2.06. The van der Waals surface area contributed by atoms with Gasteiger partial charge in [0.1, 0.15) is 0 Å². The van der Waals surface area contributed by atoms with Crippen molar-refractivity contribution in [2.45, 2.75) is 26.3 Å². The van der Waals surface area contributed by atoms with Crippen LogP contribution in [-0.4, -0.2) is 31.1 Å². The average Bonchev–Trinajstić information content (AvgIpc) is 2.78. The third kappa shape index (κ3) is 4.42. The third-order valence-corrected chi connectivity index (χ3v) is 4.54. The van der Waals surface area contributed by atoms with E-state index in [4.69, 9.17) is 0 Å². The van der Waals surface area contributed by atoms with Crippen LogP contribution in [0.25, 0.3) is 0 Å². The van der Waals surface area contributed by atoms with Gasteiger partial charge in [-0.1, -0.05) is 6.92 Å². The Balaban J connectivity index is 0.00000128. The molecule has 0 aromatic carbocycles. The zero-order valence-electron chi connectivity index (χ0n) is 10.4. The first-order valence-electron chi connectivity index (χ1n) is 5.84. The van der Waals surface area contributed by atoms with Crippen LogP contribution < -0.4 is 5.32 Å². The Hall–Kier alpha value is 0.200. The van der Waals surface area contributed by atoms with Gasteiger partial charge in [-0.05, 0) is 25.5 Å². The van der Waals surface area contributed by atoms with E-state index in [9.17, 15) is 0 Å². The van der Waals surface area contributed by atoms with Crippen LogP contribution >= 0.6 is 36.2 Å². The number of hydrogen-bond acceptors (Lipinski definition) is 3. The lowest BCUT2D eigenvalue weighted by molar-refractivity contribution is 0.188. The van der Waals surface area contributed by atoms with Crippen molar-refractivity contribution in [3.8, 4) is 0 Å². The van der Waals surface area contributed by atoms with Crippen molar-refractivity contribution in [2.24, 2.45) is 0 Å². The van der Waals surface area contributed by atoms with Gasteiger partial charge in [0.05, 0.1) is 0 Å². The minimum absolute atomic E-state index is 0. The van der Waals surface area contributed by atoms with Crippen molar-refractivity contribution in [1.29, 1.82) is 0 Å². The summed E-state index contributed by atoms with van der Waals surface area (Å²) in [6.07, 6.45) is 1.17. The lowest BCUT2D eigenvalue weighted by atomic mass is 10.2. The molecule has 17 heavy (non-hydrogen) atoms. The van der Waals surface area contributed by atoms with Crippen molar-refractivity contribution in [3.63, 3.8) is 0 Å². The van der Waals surface area contributed by atoms with Crippen molar-refractivity contribution in [2.75, 3.05) is 26.2 Å². The topological polar surface area (TPSA) is 15.3 Å². The van der Waals surface area contributed by atoms with Crippen LogP contribution in [0.2, 0.25) is 0 Å². The predicted molar refractivity (Wildman–Crippen MR) is 81.1 cm³/mol. The van der Waals surface area contributed by atoms with Gasteiger partial charge >= 0.3 is 0 Å². The standard InChI is InChI=1S/C12H20N2S.2ClH/c1-3-11-4-5-12(15-11)10(2)14-8-6-13-7-9-14;;/h4-5,10,13H,3,6-9H2,1-2H3;2*1H/t10-;;/m0../s1. The van der Waals surface area contributed by atoms with Crippen molar-refractivity contribution in [3.05, 3.63) is 21.9 Å². The summed E-state index contributed by atoms with van der Waals surface area (Å²) in [6, 6.07) is 5.17. The van der Waals surface area contributed by atoms with E-state index in [2.05, 4.69) is 36.2 Å². The third-order valence-electron chi connectivity index (χ3n) is 3.14. The first-order chi connectivity index (χ1) is 7.31. The molecule has 0 spiro atoms. The van der Waals surface area contributed by atoms with Crippen LogP contribution in [0.3, 0.4) is 0 Å². The maximum atomic E-state index is 3.40. The molecule has 0 unspecified atom stereocenters. The highest BCUT2D eigenvalue weighted by molar-refractivity contribution is 7.12. The van der Waals surface area contributed by atoms with Crippen LogP contribution in [0.4, 0.5) is 0 Å². The van der Waals surface area contributed by atoms with E-state index < -0.39 is 0 Å². The summed E-state index contributed by atoms with van der Waals surface area (Å²) in [5, 5.41) is 3.40. The quantitative estimate of drug-likeness (QED) is 0.922. The highest BCUT2D eigenvalue weighted by Gasteiger charge is 2.18. The van der Waals surface area contributed by atoms with Gasteiger partial charge in [0, 0.05) is 42.0 Å². The smallest absolute Gasteiger partial charge is 0.0414 e. The zero-order valence-corrected chi connectivity index (χ0v) is 12.9. The summed E-state index contributed by atoms with van der Waals surface area (Å²) in [5.41, 5.74) is 0. The minimum atomic E-state index is 0. The second-order valence-corrected chi connectivity index (χ2v) is 5.32. The van der Waals surface area contributed by atoms with E-state index in [0.29, 0.717) is 6.04 Å². The summed E-state index contributed by atoms with van der Waals surface area (Å²) in [6.45, 7) is 9.19. The predicted octanol–water partition coefficient (Wildman–Crippen LogP) is 3.12. The van der Waals surface area contributed by atoms with E-state index in [1.165, 1.54) is 29.3 Å². The Morgan fingerprint density at radius 1 is 1.29 bits per heavy atom. The SMILES string of the molecule is CCc1ccc([C@H](C)N2CCNCC2)s1.Cl.Cl. The van der Waals surface area contributed by atoms with E-state index in [0.717, 1.165) is 13.1 Å². The molecule has 1 fully saturated rings. The Labute approximate surface area is 121 Å². The Morgan fingerprint density at radius 2 is 1.94 bits per heavy atom. The van der Waals surface area contributed by atoms with Gasteiger partial charge in [-0.25, -0.2) is 0 Å². The summed E-state index contributed by atoms with van der Waals surface area (Å²) in [4.78, 5) is 5.60. The molecule has 0 bridgehead atoms. The van der Waals surface area contributed by atoms with Gasteiger partial charge in [-0.3, -0.25) is 4.90 Å². The number of nitrogens with one attached hydrogen (secondary N) is 1. The second kappa shape index (κ2) is 8.33. The fraction of sp³-hybridized carbons (Fsp3) is 0.667. The van der Waals surface area contributed by atoms with Crippen LogP contribution in [-0.2, 0) is 6.42 Å². The molecule has 1 aliphatic rings. The monoisotopic (exact) mass is 296 g/mol. The number of aryl methyl sites for hydroxylation is 1. The van der Waals surface area contributed by atoms with E-state index in [1.807, 2.05) is 11.3 Å². The highest BCUT2D eigenvalue weighted by atomic mass is 35.5. The second-order valence-electron chi connectivity index (χ2n) is 4.12. The summed E-state index contributed by atoms with van der Waals surface area (Å²) in [7, 11) is 0. The van der Waals surface area contributed by atoms with Crippen molar-refractivity contribution >= 4 is 36.2 Å². The van der Waals surface area contributed by atoms with E-state index in [1.54, 1.807) is 0 Å². The van der Waals surface area contributed by atoms with Crippen LogP contribution in [0.15, 0.2) is 12.1 Å². The fourth-order valence-corrected chi connectivity index (χ4v) is 3.10. The minimum Gasteiger partial charge on any atom is -0.314 e. The van der Waals surface area contributed by atoms with Crippen LogP contribution in [0.1, 0.15) is 29.6 Å². The van der Waals surface area contributed by atoms with E-state index >= 15 is 0 Å². The molecule has 0 saturated carbocycles. The first kappa shape index (κ1) is 17.2. The average molecular weight is 297 g/mol. The summed E-state index contributed by atoms with van der Waals surface area (Å²) >= 11 is 1.97. The van der Waals surface area contributed by atoms with Crippen molar-refractivity contribution < 1.29 is 0 Å². The number of hydrogen-bond donors (Lipinski definition) is 1. The highest BCUT2D eigenvalue weighted by Crippen LogP contribution is 2.27. The molecule has 1 atom stereocenters. The molecule has 2 rings (SSSR count). The molecule has 1 N–H and O–H groups in total. The van der Waals surface area contributed by atoms with Crippen LogP contribution in [0, 0.1) is 0 Å². The molecule has 2 nitrogen and oxygen atoms in total. The Kier molecular flexibility index (Phi) is 8.43.